The van der Waals surface area contributed by atoms with Crippen molar-refractivity contribution in [3.63, 3.8) is 0 Å². The normalized spacial score (nSPS) is 10.7. The van der Waals surface area contributed by atoms with Gasteiger partial charge in [-0.05, 0) is 41.3 Å². The highest BCUT2D eigenvalue weighted by Gasteiger charge is 2.14. The first-order valence-electron chi connectivity index (χ1n) is 10.7. The Balaban J connectivity index is 1.76. The van der Waals surface area contributed by atoms with Crippen LogP contribution in [-0.4, -0.2) is 20.2 Å². The van der Waals surface area contributed by atoms with E-state index in [4.69, 9.17) is 5.21 Å². The molecule has 34 heavy (non-hydrogen) atoms. The molecule has 4 aromatic rings. The van der Waals surface area contributed by atoms with Gasteiger partial charge in [0.1, 0.15) is 0 Å². The number of hydroxylamine groups is 1. The Labute approximate surface area is 194 Å². The zero-order valence-electron chi connectivity index (χ0n) is 18.3. The summed E-state index contributed by atoms with van der Waals surface area (Å²) in [6, 6.07) is 23.4. The number of rotatable bonds is 7. The summed E-state index contributed by atoms with van der Waals surface area (Å²) in [6.45, 7) is 0.412. The van der Waals surface area contributed by atoms with Crippen LogP contribution in [0.1, 0.15) is 22.3 Å². The van der Waals surface area contributed by atoms with E-state index in [1.165, 1.54) is 9.13 Å². The summed E-state index contributed by atoms with van der Waals surface area (Å²) in [7, 11) is 0. The number of aryl methyl sites for hydroxylation is 1. The standard InChI is InChI=1S/C26H22N4O4/c27-16-21-10-11-22-23(14-21)30(17-20-8-6-19(7-9-20)15-24(31)28-34)26(33)29(25(22)32)13-12-18-4-2-1-3-5-18/h1-11,14,34H,12-13,15,17H2,(H,28,31). The molecule has 0 bridgehead atoms. The molecule has 8 nitrogen and oxygen atoms in total. The molecule has 1 amide bonds. The zero-order chi connectivity index (χ0) is 24.1. The second kappa shape index (κ2) is 9.98. The molecule has 2 N–H and O–H groups in total. The molecule has 0 radical (unpaired) electrons. The van der Waals surface area contributed by atoms with Crippen LogP contribution in [0.3, 0.4) is 0 Å². The molecule has 4 rings (SSSR count). The Morgan fingerprint density at radius 2 is 1.62 bits per heavy atom. The van der Waals surface area contributed by atoms with Crippen molar-refractivity contribution >= 4 is 16.8 Å². The second-order valence-electron chi connectivity index (χ2n) is 7.93. The third-order valence-electron chi connectivity index (χ3n) is 5.67. The summed E-state index contributed by atoms with van der Waals surface area (Å²) < 4.78 is 2.74. The molecule has 0 aliphatic rings. The fourth-order valence-corrected chi connectivity index (χ4v) is 3.89. The lowest BCUT2D eigenvalue weighted by Gasteiger charge is -2.15. The van der Waals surface area contributed by atoms with Gasteiger partial charge in [-0.15, -0.1) is 0 Å². The maximum absolute atomic E-state index is 13.4. The maximum Gasteiger partial charge on any atom is 0.331 e. The van der Waals surface area contributed by atoms with E-state index in [-0.39, 0.29) is 25.1 Å². The van der Waals surface area contributed by atoms with Crippen LogP contribution in [0.4, 0.5) is 0 Å². The molecule has 0 atom stereocenters. The van der Waals surface area contributed by atoms with Gasteiger partial charge in [-0.3, -0.25) is 23.9 Å². The lowest BCUT2D eigenvalue weighted by Crippen LogP contribution is -2.40. The van der Waals surface area contributed by atoms with Crippen LogP contribution in [0.2, 0.25) is 0 Å². The van der Waals surface area contributed by atoms with E-state index in [1.54, 1.807) is 47.9 Å². The first kappa shape index (κ1) is 22.7. The number of carbonyl (C=O) groups is 1. The molecule has 170 valence electrons. The van der Waals surface area contributed by atoms with E-state index in [2.05, 4.69) is 6.07 Å². The van der Waals surface area contributed by atoms with Gasteiger partial charge in [-0.2, -0.15) is 5.26 Å². The van der Waals surface area contributed by atoms with Gasteiger partial charge in [-0.1, -0.05) is 54.6 Å². The summed E-state index contributed by atoms with van der Waals surface area (Å²) >= 11 is 0. The summed E-state index contributed by atoms with van der Waals surface area (Å²) in [4.78, 5) is 38.0. The highest BCUT2D eigenvalue weighted by atomic mass is 16.5. The molecule has 1 aromatic heterocycles. The summed E-state index contributed by atoms with van der Waals surface area (Å²) in [5, 5.41) is 18.4. The number of amides is 1. The Kier molecular flexibility index (Phi) is 6.67. The Morgan fingerprint density at radius 1 is 0.912 bits per heavy atom. The van der Waals surface area contributed by atoms with Gasteiger partial charge in [0.2, 0.25) is 5.91 Å². The van der Waals surface area contributed by atoms with Crippen LogP contribution in [0.5, 0.6) is 0 Å². The molecule has 0 saturated heterocycles. The molecule has 3 aromatic carbocycles. The Hall–Kier alpha value is -4.48. The largest absolute Gasteiger partial charge is 0.331 e. The van der Waals surface area contributed by atoms with Crippen molar-refractivity contribution in [3.8, 4) is 6.07 Å². The number of hydrogen-bond donors (Lipinski definition) is 2. The fraction of sp³-hybridized carbons (Fsp3) is 0.154. The van der Waals surface area contributed by atoms with Crippen molar-refractivity contribution in [1.29, 1.82) is 5.26 Å². The van der Waals surface area contributed by atoms with Gasteiger partial charge in [0.05, 0.1) is 35.5 Å². The minimum absolute atomic E-state index is 0.0234. The molecular weight excluding hydrogens is 432 g/mol. The van der Waals surface area contributed by atoms with Crippen molar-refractivity contribution < 1.29 is 10.0 Å². The van der Waals surface area contributed by atoms with E-state index in [9.17, 15) is 19.6 Å². The zero-order valence-corrected chi connectivity index (χ0v) is 18.3. The lowest BCUT2D eigenvalue weighted by atomic mass is 10.1. The number of aromatic nitrogens is 2. The Bertz CT molecular complexity index is 1500. The minimum Gasteiger partial charge on any atom is -0.289 e. The van der Waals surface area contributed by atoms with Crippen LogP contribution in [0.25, 0.3) is 10.9 Å². The highest BCUT2D eigenvalue weighted by molar-refractivity contribution is 5.79. The van der Waals surface area contributed by atoms with Crippen molar-refractivity contribution in [1.82, 2.24) is 14.6 Å². The van der Waals surface area contributed by atoms with Crippen LogP contribution < -0.4 is 16.7 Å². The number of nitrogens with zero attached hydrogens (tertiary/aromatic N) is 3. The fourth-order valence-electron chi connectivity index (χ4n) is 3.89. The van der Waals surface area contributed by atoms with Crippen molar-refractivity contribution in [3.05, 3.63) is 116 Å². The van der Waals surface area contributed by atoms with Crippen LogP contribution in [-0.2, 0) is 30.7 Å². The van der Waals surface area contributed by atoms with E-state index in [0.29, 0.717) is 28.5 Å². The third-order valence-corrected chi connectivity index (χ3v) is 5.67. The first-order valence-corrected chi connectivity index (χ1v) is 10.7. The highest BCUT2D eigenvalue weighted by Crippen LogP contribution is 2.14. The predicted molar refractivity (Wildman–Crippen MR) is 127 cm³/mol. The maximum atomic E-state index is 13.4. The average molecular weight is 454 g/mol. The molecule has 8 heteroatoms. The average Bonchev–Trinajstić information content (AvgIpc) is 2.87. The third kappa shape index (κ3) is 4.80. The SMILES string of the molecule is N#Cc1ccc2c(=O)n(CCc3ccccc3)c(=O)n(Cc3ccc(CC(=O)NO)cc3)c2c1. The van der Waals surface area contributed by atoms with Gasteiger partial charge in [-0.25, -0.2) is 10.3 Å². The number of fused-ring (bicyclic) bond motifs is 1. The Morgan fingerprint density at radius 3 is 2.29 bits per heavy atom. The number of carbonyl (C=O) groups excluding carboxylic acids is 1. The van der Waals surface area contributed by atoms with Gasteiger partial charge >= 0.3 is 5.69 Å². The molecule has 0 spiro atoms. The van der Waals surface area contributed by atoms with Gasteiger partial charge in [0.25, 0.3) is 5.56 Å². The molecule has 0 saturated carbocycles. The van der Waals surface area contributed by atoms with E-state index in [1.807, 2.05) is 30.3 Å². The summed E-state index contributed by atoms with van der Waals surface area (Å²) in [6.07, 6.45) is 0.551. The molecule has 1 heterocycles. The van der Waals surface area contributed by atoms with E-state index >= 15 is 0 Å². The quantitative estimate of drug-likeness (QED) is 0.328. The van der Waals surface area contributed by atoms with Gasteiger partial charge in [0.15, 0.2) is 0 Å². The minimum atomic E-state index is -0.524. The second-order valence-corrected chi connectivity index (χ2v) is 7.93. The van der Waals surface area contributed by atoms with E-state index < -0.39 is 11.6 Å². The van der Waals surface area contributed by atoms with Crippen molar-refractivity contribution in [2.24, 2.45) is 0 Å². The number of hydrogen-bond acceptors (Lipinski definition) is 5. The van der Waals surface area contributed by atoms with Crippen molar-refractivity contribution in [2.75, 3.05) is 0 Å². The van der Waals surface area contributed by atoms with Crippen LogP contribution >= 0.6 is 0 Å². The van der Waals surface area contributed by atoms with E-state index in [0.717, 1.165) is 11.1 Å². The van der Waals surface area contributed by atoms with Gasteiger partial charge in [0, 0.05) is 6.54 Å². The topological polar surface area (TPSA) is 117 Å². The first-order chi connectivity index (χ1) is 16.5. The lowest BCUT2D eigenvalue weighted by molar-refractivity contribution is -0.128. The number of nitriles is 1. The van der Waals surface area contributed by atoms with Gasteiger partial charge < -0.3 is 0 Å². The monoisotopic (exact) mass is 454 g/mol. The molecule has 0 aliphatic carbocycles. The molecule has 0 aliphatic heterocycles. The summed E-state index contributed by atoms with van der Waals surface area (Å²) in [5.74, 6) is -0.524. The predicted octanol–water partition coefficient (Wildman–Crippen LogP) is 2.37. The van der Waals surface area contributed by atoms with Crippen molar-refractivity contribution in [2.45, 2.75) is 25.9 Å². The smallest absolute Gasteiger partial charge is 0.289 e. The number of benzene rings is 3. The molecule has 0 fully saturated rings. The molecule has 0 unspecified atom stereocenters. The molecular formula is C26H22N4O4. The van der Waals surface area contributed by atoms with Crippen LogP contribution in [0, 0.1) is 11.3 Å². The summed E-state index contributed by atoms with van der Waals surface area (Å²) in [5.41, 5.74) is 4.01. The number of nitrogens with one attached hydrogen (secondary N) is 1. The van der Waals surface area contributed by atoms with Crippen LogP contribution in [0.15, 0.2) is 82.4 Å².